The van der Waals surface area contributed by atoms with Gasteiger partial charge in [-0.3, -0.25) is 4.57 Å². The number of sulfonamides is 2. The summed E-state index contributed by atoms with van der Waals surface area (Å²) in [6, 6.07) is 0. The maximum Gasteiger partial charge on any atom is 0.460 e. The van der Waals surface area contributed by atoms with E-state index in [0.717, 1.165) is 0 Å². The number of nitrogens with zero attached hydrogens (tertiary/aromatic N) is 2. The van der Waals surface area contributed by atoms with Gasteiger partial charge in [-0.1, -0.05) is 13.8 Å². The number of likely N-dealkylation sites (N-methyl/N-ethyl adjacent to an activating group) is 2. The Balaban J connectivity index is 0. The summed E-state index contributed by atoms with van der Waals surface area (Å²) in [5, 5.41) is -17.7. The van der Waals surface area contributed by atoms with E-state index in [1.54, 1.807) is 0 Å². The molecule has 0 saturated heterocycles. The van der Waals surface area contributed by atoms with Crippen LogP contribution in [0.2, 0.25) is 0 Å². The molecule has 0 aromatic heterocycles. The first kappa shape index (κ1) is 106. The summed E-state index contributed by atoms with van der Waals surface area (Å²) in [6.45, 7) is -17.0. The van der Waals surface area contributed by atoms with E-state index in [1.165, 1.54) is 0 Å². The lowest BCUT2D eigenvalue weighted by Gasteiger charge is -2.46. The Labute approximate surface area is 551 Å². The zero-order chi connectivity index (χ0) is 88.3. The van der Waals surface area contributed by atoms with Crippen LogP contribution >= 0.6 is 7.82 Å². The minimum Gasteiger partial charge on any atom is -0.756 e. The van der Waals surface area contributed by atoms with Gasteiger partial charge in [0.1, 0.15) is 0 Å². The number of phosphoric ester groups is 1. The van der Waals surface area contributed by atoms with Crippen LogP contribution in [0.4, 0.5) is 255 Å². The van der Waals surface area contributed by atoms with E-state index in [1.807, 2.05) is 0 Å². The molecule has 0 spiro atoms. The molecule has 0 aromatic rings. The third-order valence-corrected chi connectivity index (χ3v) is 18.4. The van der Waals surface area contributed by atoms with Gasteiger partial charge >= 0.3 is 165 Å². The molecular weight excluding hydrogens is 1800 g/mol. The van der Waals surface area contributed by atoms with Crippen LogP contribution in [0, 0.1) is 0 Å². The first-order chi connectivity index (χ1) is 45.3. The molecule has 0 aliphatic heterocycles. The predicted octanol–water partition coefficient (Wildman–Crippen LogP) is 17.7. The minimum atomic E-state index is -10.4. The molecular formula is C36H22F58N3O8PS2. The SMILES string of the molecule is CCN(CCOP(=O)([O-])OCCN(CC)S(=O)(=O)C(F)(F)C(F)(F)C(F)(F)C(F)(F)C(F)(F)C(F)(F)C(F)(F)C(F)(F)C(F)(F)C(F)(F)C(F)(F)C(F)(F)C(F)(F)C(F)(F)F)S(=O)(=O)C(F)(F)C(F)(F)C(F)(F)C(F)(F)C(F)(F)C(F)(F)C(F)(F)C(F)(F)C(F)(F)C(F)(F)C(F)(F)C(F)(F)C(F)(F)C(F)(F)F.[NH4+]. The van der Waals surface area contributed by atoms with Crippen molar-refractivity contribution in [3.8, 4) is 0 Å². The first-order valence-corrected chi connectivity index (χ1v) is 28.2. The van der Waals surface area contributed by atoms with E-state index in [9.17, 15) is 281 Å². The summed E-state index contributed by atoms with van der Waals surface area (Å²) in [5.74, 6) is -241. The van der Waals surface area contributed by atoms with Crippen LogP contribution < -0.4 is 11.0 Å². The molecule has 0 saturated carbocycles. The number of hydrogen-bond acceptors (Lipinski definition) is 8. The molecule has 0 rings (SSSR count). The quantitative estimate of drug-likeness (QED) is 0.0470. The second kappa shape index (κ2) is 27.8. The van der Waals surface area contributed by atoms with Crippen molar-refractivity contribution in [1.82, 2.24) is 14.8 Å². The molecule has 0 unspecified atom stereocenters. The van der Waals surface area contributed by atoms with Gasteiger partial charge in [0.25, 0.3) is 27.9 Å². The summed E-state index contributed by atoms with van der Waals surface area (Å²) in [4.78, 5) is 12.1. The number of hydrogen-bond donors (Lipinski definition) is 1. The van der Waals surface area contributed by atoms with Gasteiger partial charge in [0, 0.05) is 26.2 Å². The van der Waals surface area contributed by atoms with Crippen LogP contribution in [0.5, 0.6) is 0 Å². The molecule has 0 aromatic carbocycles. The molecule has 72 heteroatoms. The van der Waals surface area contributed by atoms with E-state index in [4.69, 9.17) is 0 Å². The smallest absolute Gasteiger partial charge is 0.460 e. The first-order valence-electron chi connectivity index (χ1n) is 23.9. The van der Waals surface area contributed by atoms with Gasteiger partial charge in [0.05, 0.1) is 13.2 Å². The zero-order valence-corrected chi connectivity index (χ0v) is 51.1. The molecule has 0 amide bonds. The van der Waals surface area contributed by atoms with Crippen molar-refractivity contribution < 1.29 is 290 Å². The summed E-state index contributed by atoms with van der Waals surface area (Å²) >= 11 is 0. The maximum atomic E-state index is 14.9. The second-order valence-corrected chi connectivity index (χ2v) is 25.3. The molecule has 108 heavy (non-hydrogen) atoms. The standard InChI is InChI=1S/C36H19F58N2O8PS2.H3N/c1-3-95(106(99,100)35(91,92)31(81,82)27(73,74)23(65,66)19(57,58)15(49,50)11(41,42)9(37,38)13(45,46)17(53,54)21(61,62)25(69,70)29(77,78)33(85,86)87)5-7-103-105(97,98)104-8-6-96(4-2)107(101,102)36(93,94)32(83,84)28(75,76)24(67,68)20(59,60)16(51,52)12(43,44)10(39,40)14(47,48)18(55,56)22(63,64)26(71,72)30(79,80)34(88,89)90;/h3-8H2,1-2H3,(H,97,98);1H3. The molecule has 0 atom stereocenters. The van der Waals surface area contributed by atoms with Crippen molar-refractivity contribution in [3.63, 3.8) is 0 Å². The summed E-state index contributed by atoms with van der Waals surface area (Å²) in [5.41, 5.74) is 0. The van der Waals surface area contributed by atoms with Gasteiger partial charge in [-0.15, -0.1) is 0 Å². The van der Waals surface area contributed by atoms with Crippen molar-refractivity contribution in [2.45, 2.75) is 179 Å². The van der Waals surface area contributed by atoms with Gasteiger partial charge in [-0.2, -0.15) is 263 Å². The van der Waals surface area contributed by atoms with Crippen LogP contribution in [0.25, 0.3) is 0 Å². The number of quaternary nitrogens is 1. The summed E-state index contributed by atoms with van der Waals surface area (Å²) < 4.78 is 873. The van der Waals surface area contributed by atoms with E-state index in [0.29, 0.717) is 0 Å². The fourth-order valence-corrected chi connectivity index (χ4v) is 10.3. The highest BCUT2D eigenvalue weighted by molar-refractivity contribution is 7.90. The average Bonchev–Trinajstić information content (AvgIpc) is 0.682. The second-order valence-electron chi connectivity index (χ2n) is 19.9. The Morgan fingerprint density at radius 3 is 0.463 bits per heavy atom. The van der Waals surface area contributed by atoms with E-state index < -0.39 is 241 Å². The van der Waals surface area contributed by atoms with Gasteiger partial charge in [0.2, 0.25) is 0 Å². The highest BCUT2D eigenvalue weighted by atomic mass is 32.2. The fraction of sp³-hybridized carbons (Fsp3) is 1.00. The lowest BCUT2D eigenvalue weighted by atomic mass is 9.84. The Morgan fingerprint density at radius 1 is 0.241 bits per heavy atom. The predicted molar refractivity (Wildman–Crippen MR) is 219 cm³/mol. The monoisotopic (exact) mass is 1820 g/mol. The number of halogens is 58. The minimum absolute atomic E-state index is 0. The molecule has 0 fully saturated rings. The fourth-order valence-electron chi connectivity index (χ4n) is 6.76. The van der Waals surface area contributed by atoms with E-state index in [2.05, 4.69) is 9.05 Å². The number of alkyl halides is 58. The number of rotatable bonds is 38. The Hall–Kier alpha value is -4.17. The zero-order valence-electron chi connectivity index (χ0n) is 48.6. The van der Waals surface area contributed by atoms with Crippen LogP contribution in [0.3, 0.4) is 0 Å². The molecule has 4 N–H and O–H groups in total. The molecule has 0 aliphatic rings. The summed E-state index contributed by atoms with van der Waals surface area (Å²) in [6.07, 6.45) is -17.1. The van der Waals surface area contributed by atoms with Crippen LogP contribution in [0.1, 0.15) is 13.8 Å². The van der Waals surface area contributed by atoms with Gasteiger partial charge < -0.3 is 20.1 Å². The Kier molecular flexibility index (Phi) is 27.3. The van der Waals surface area contributed by atoms with Crippen molar-refractivity contribution in [1.29, 1.82) is 0 Å². The third-order valence-electron chi connectivity index (χ3n) is 13.3. The Bertz CT molecular complexity index is 3230. The molecule has 0 radical (unpaired) electrons. The van der Waals surface area contributed by atoms with Crippen molar-refractivity contribution in [2.75, 3.05) is 39.4 Å². The molecule has 0 aliphatic carbocycles. The topological polar surface area (TPSA) is 170 Å². The molecule has 11 nitrogen and oxygen atoms in total. The lowest BCUT2D eigenvalue weighted by Crippen LogP contribution is -2.79. The third kappa shape index (κ3) is 13.4. The highest BCUT2D eigenvalue weighted by Gasteiger charge is 3.04. The van der Waals surface area contributed by atoms with Gasteiger partial charge in [0.15, 0.2) is 0 Å². The lowest BCUT2D eigenvalue weighted by molar-refractivity contribution is -0.486. The van der Waals surface area contributed by atoms with Crippen LogP contribution in [-0.2, 0) is 33.7 Å². The summed E-state index contributed by atoms with van der Waals surface area (Å²) in [7, 11) is -24.7. The van der Waals surface area contributed by atoms with Gasteiger partial charge in [-0.25, -0.2) is 16.8 Å². The van der Waals surface area contributed by atoms with Crippen LogP contribution in [-0.4, -0.2) is 230 Å². The molecule has 652 valence electrons. The highest BCUT2D eigenvalue weighted by Crippen LogP contribution is 2.73. The largest absolute Gasteiger partial charge is 0.756 e. The van der Waals surface area contributed by atoms with E-state index >= 15 is 0 Å². The van der Waals surface area contributed by atoms with Crippen molar-refractivity contribution >= 4 is 27.9 Å². The van der Waals surface area contributed by atoms with Gasteiger partial charge in [-0.05, 0) is 0 Å². The average molecular weight is 1820 g/mol. The maximum absolute atomic E-state index is 14.9. The van der Waals surface area contributed by atoms with E-state index in [-0.39, 0.29) is 20.0 Å². The Morgan fingerprint density at radius 2 is 0.352 bits per heavy atom. The molecule has 0 bridgehead atoms. The normalized spacial score (nSPS) is 17.0. The molecule has 0 heterocycles. The van der Waals surface area contributed by atoms with Crippen molar-refractivity contribution in [3.05, 3.63) is 0 Å². The van der Waals surface area contributed by atoms with Crippen LogP contribution in [0.15, 0.2) is 0 Å². The number of phosphoric acid groups is 1. The van der Waals surface area contributed by atoms with Crippen molar-refractivity contribution in [2.24, 2.45) is 0 Å².